The second-order valence-electron chi connectivity index (χ2n) is 12.1. The molecule has 4 aliphatic carbocycles. The van der Waals surface area contributed by atoms with Crippen LogP contribution in [0.1, 0.15) is 55.8 Å². The van der Waals surface area contributed by atoms with Crippen molar-refractivity contribution >= 4 is 23.0 Å². The third-order valence-electron chi connectivity index (χ3n) is 9.82. The van der Waals surface area contributed by atoms with Crippen LogP contribution in [-0.2, 0) is 0 Å². The summed E-state index contributed by atoms with van der Waals surface area (Å²) in [6.45, 7) is 4.82. The first-order valence-corrected chi connectivity index (χ1v) is 14.1. The number of carbonyl (C=O) groups excluding carboxylic acids is 1. The molecule has 1 heterocycles. The molecule has 5 fully saturated rings. The number of benzene rings is 2. The molecule has 2 aromatic carbocycles. The molecule has 1 amide bonds. The van der Waals surface area contributed by atoms with E-state index in [4.69, 9.17) is 4.74 Å². The van der Waals surface area contributed by atoms with E-state index < -0.39 is 0 Å². The second kappa shape index (κ2) is 9.79. The summed E-state index contributed by atoms with van der Waals surface area (Å²) in [7, 11) is 1.61. The molecular formula is C30H38N4O4. The van der Waals surface area contributed by atoms with E-state index in [9.17, 15) is 14.9 Å². The highest BCUT2D eigenvalue weighted by atomic mass is 16.6. The minimum Gasteiger partial charge on any atom is -0.497 e. The summed E-state index contributed by atoms with van der Waals surface area (Å²) in [5.74, 6) is 3.26. The molecule has 1 saturated heterocycles. The second-order valence-corrected chi connectivity index (χ2v) is 12.1. The van der Waals surface area contributed by atoms with Crippen molar-refractivity contribution in [3.63, 3.8) is 0 Å². The maximum atomic E-state index is 13.0. The molecule has 1 N–H and O–H groups in total. The van der Waals surface area contributed by atoms with E-state index in [1.54, 1.807) is 37.4 Å². The van der Waals surface area contributed by atoms with Crippen LogP contribution in [0.25, 0.3) is 0 Å². The average molecular weight is 519 g/mol. The van der Waals surface area contributed by atoms with Crippen molar-refractivity contribution in [2.24, 2.45) is 23.2 Å². The molecule has 4 bridgehead atoms. The van der Waals surface area contributed by atoms with E-state index >= 15 is 0 Å². The zero-order valence-electron chi connectivity index (χ0n) is 22.4. The predicted molar refractivity (Wildman–Crippen MR) is 148 cm³/mol. The molecule has 0 spiro atoms. The van der Waals surface area contributed by atoms with Gasteiger partial charge in [0.25, 0.3) is 11.6 Å². The van der Waals surface area contributed by atoms with Gasteiger partial charge < -0.3 is 19.9 Å². The lowest BCUT2D eigenvalue weighted by atomic mass is 9.48. The number of hydrogen-bond donors (Lipinski definition) is 1. The Kier molecular flexibility index (Phi) is 6.44. The number of nitrogens with zero attached hydrogens (tertiary/aromatic N) is 3. The molecule has 8 heteroatoms. The maximum absolute atomic E-state index is 13.0. The van der Waals surface area contributed by atoms with Crippen molar-refractivity contribution in [2.45, 2.75) is 51.5 Å². The smallest absolute Gasteiger partial charge is 0.292 e. The number of ether oxygens (including phenoxy) is 1. The Hall–Kier alpha value is -3.29. The number of nitro groups is 1. The van der Waals surface area contributed by atoms with Gasteiger partial charge in [-0.25, -0.2) is 0 Å². The average Bonchev–Trinajstić information content (AvgIpc) is 2.92. The van der Waals surface area contributed by atoms with Crippen molar-refractivity contribution in [1.82, 2.24) is 4.90 Å². The van der Waals surface area contributed by atoms with E-state index in [0.717, 1.165) is 29.2 Å². The summed E-state index contributed by atoms with van der Waals surface area (Å²) >= 11 is 0. The van der Waals surface area contributed by atoms with Gasteiger partial charge >= 0.3 is 0 Å². The SMILES string of the molecule is COc1ccc(C(=O)N2CCN(c3ccc([N+](=O)[O-])c(NC(C)C45CC6CC(CC(C6)C4)C5)c3)CC2)cc1. The quantitative estimate of drug-likeness (QED) is 0.380. The minimum atomic E-state index is -0.274. The van der Waals surface area contributed by atoms with Gasteiger partial charge in [0, 0.05) is 49.5 Å². The van der Waals surface area contributed by atoms with E-state index in [2.05, 4.69) is 17.1 Å². The number of nitrogens with one attached hydrogen (secondary N) is 1. The summed E-state index contributed by atoms with van der Waals surface area (Å²) in [5, 5.41) is 15.6. The molecule has 38 heavy (non-hydrogen) atoms. The summed E-state index contributed by atoms with van der Waals surface area (Å²) < 4.78 is 5.20. The highest BCUT2D eigenvalue weighted by Crippen LogP contribution is 2.61. The van der Waals surface area contributed by atoms with Crippen molar-refractivity contribution in [3.8, 4) is 5.75 Å². The predicted octanol–water partition coefficient (Wildman–Crippen LogP) is 5.58. The summed E-state index contributed by atoms with van der Waals surface area (Å²) in [6, 6.07) is 12.8. The lowest BCUT2D eigenvalue weighted by Crippen LogP contribution is -2.53. The molecule has 202 valence electrons. The van der Waals surface area contributed by atoms with Gasteiger partial charge in [0.2, 0.25) is 0 Å². The monoisotopic (exact) mass is 518 g/mol. The molecule has 7 rings (SSSR count). The number of nitro benzene ring substituents is 1. The topological polar surface area (TPSA) is 88.0 Å². The molecule has 5 aliphatic rings. The first kappa shape index (κ1) is 25.0. The van der Waals surface area contributed by atoms with Gasteiger partial charge in [-0.05, 0) is 105 Å². The molecule has 1 atom stereocenters. The minimum absolute atomic E-state index is 0.0164. The van der Waals surface area contributed by atoms with Crippen LogP contribution in [0, 0.1) is 33.3 Å². The van der Waals surface area contributed by atoms with Gasteiger partial charge in [0.15, 0.2) is 0 Å². The van der Waals surface area contributed by atoms with Crippen molar-refractivity contribution in [3.05, 3.63) is 58.1 Å². The Morgan fingerprint density at radius 2 is 1.61 bits per heavy atom. The standard InChI is InChI=1S/C30H38N4O4/c1-20(30-17-21-13-22(18-30)15-23(14-21)19-30)31-27-16-25(5-8-28(27)34(36)37)32-9-11-33(12-10-32)29(35)24-3-6-26(38-2)7-4-24/h3-8,16,20-23,31H,9-15,17-19H2,1-2H3. The lowest BCUT2D eigenvalue weighted by molar-refractivity contribution is -0.384. The summed E-state index contributed by atoms with van der Waals surface area (Å²) in [5.41, 5.74) is 2.63. The van der Waals surface area contributed by atoms with Crippen LogP contribution in [0.4, 0.5) is 17.1 Å². The Labute approximate surface area is 224 Å². The number of methoxy groups -OCH3 is 1. The Morgan fingerprint density at radius 3 is 2.16 bits per heavy atom. The number of rotatable bonds is 7. The van der Waals surface area contributed by atoms with Crippen LogP contribution in [0.2, 0.25) is 0 Å². The maximum Gasteiger partial charge on any atom is 0.292 e. The van der Waals surface area contributed by atoms with Gasteiger partial charge in [-0.3, -0.25) is 14.9 Å². The summed E-state index contributed by atoms with van der Waals surface area (Å²) in [6.07, 6.45) is 7.91. The molecule has 1 aliphatic heterocycles. The number of anilines is 2. The van der Waals surface area contributed by atoms with Crippen molar-refractivity contribution in [2.75, 3.05) is 43.5 Å². The third kappa shape index (κ3) is 4.58. The van der Waals surface area contributed by atoms with Gasteiger partial charge in [-0.1, -0.05) is 0 Å². The molecule has 8 nitrogen and oxygen atoms in total. The molecule has 1 unspecified atom stereocenters. The number of piperazine rings is 1. The molecule has 0 radical (unpaired) electrons. The van der Waals surface area contributed by atoms with Crippen molar-refractivity contribution < 1.29 is 14.5 Å². The van der Waals surface area contributed by atoms with Crippen molar-refractivity contribution in [1.29, 1.82) is 0 Å². The van der Waals surface area contributed by atoms with Gasteiger partial charge in [0.1, 0.15) is 11.4 Å². The fraction of sp³-hybridized carbons (Fsp3) is 0.567. The number of carbonyl (C=O) groups is 1. The van der Waals surface area contributed by atoms with Crippen LogP contribution < -0.4 is 15.0 Å². The van der Waals surface area contributed by atoms with Gasteiger partial charge in [0.05, 0.1) is 12.0 Å². The Balaban J connectivity index is 1.15. The largest absolute Gasteiger partial charge is 0.497 e. The zero-order chi connectivity index (χ0) is 26.4. The molecule has 2 aromatic rings. The van der Waals surface area contributed by atoms with E-state index in [-0.39, 0.29) is 28.0 Å². The fourth-order valence-electron chi connectivity index (χ4n) is 8.17. The van der Waals surface area contributed by atoms with Crippen LogP contribution in [0.5, 0.6) is 5.75 Å². The fourth-order valence-corrected chi connectivity index (χ4v) is 8.17. The first-order valence-electron chi connectivity index (χ1n) is 14.1. The molecular weight excluding hydrogens is 480 g/mol. The third-order valence-corrected chi connectivity index (χ3v) is 9.82. The normalized spacial score (nSPS) is 28.7. The van der Waals surface area contributed by atoms with Gasteiger partial charge in [-0.15, -0.1) is 0 Å². The van der Waals surface area contributed by atoms with Crippen LogP contribution in [0.3, 0.4) is 0 Å². The highest BCUT2D eigenvalue weighted by molar-refractivity contribution is 5.94. The van der Waals surface area contributed by atoms with E-state index in [1.807, 2.05) is 17.0 Å². The van der Waals surface area contributed by atoms with E-state index in [1.165, 1.54) is 38.5 Å². The first-order chi connectivity index (χ1) is 18.3. The van der Waals surface area contributed by atoms with Crippen LogP contribution >= 0.6 is 0 Å². The van der Waals surface area contributed by atoms with Crippen LogP contribution in [0.15, 0.2) is 42.5 Å². The van der Waals surface area contributed by atoms with Crippen LogP contribution in [-0.4, -0.2) is 55.1 Å². The van der Waals surface area contributed by atoms with E-state index in [0.29, 0.717) is 37.4 Å². The lowest BCUT2D eigenvalue weighted by Gasteiger charge is -2.59. The molecule has 0 aromatic heterocycles. The highest BCUT2D eigenvalue weighted by Gasteiger charge is 2.53. The Morgan fingerprint density at radius 1 is 1.00 bits per heavy atom. The Bertz CT molecular complexity index is 1170. The zero-order valence-corrected chi connectivity index (χ0v) is 22.4. The number of amides is 1. The summed E-state index contributed by atoms with van der Waals surface area (Å²) in [4.78, 5) is 28.7. The number of hydrogen-bond acceptors (Lipinski definition) is 6. The van der Waals surface area contributed by atoms with Gasteiger partial charge in [-0.2, -0.15) is 0 Å². The molecule has 4 saturated carbocycles.